The molecule has 9 heteroatoms. The summed E-state index contributed by atoms with van der Waals surface area (Å²) in [6.45, 7) is 2.83. The third-order valence-electron chi connectivity index (χ3n) is 5.67. The lowest BCUT2D eigenvalue weighted by Crippen LogP contribution is -2.51. The number of methoxy groups -OCH3 is 2. The summed E-state index contributed by atoms with van der Waals surface area (Å²) in [6, 6.07) is 5.02. The Bertz CT molecular complexity index is 911. The average Bonchev–Trinajstić information content (AvgIpc) is 3.22. The van der Waals surface area contributed by atoms with E-state index in [0.29, 0.717) is 48.9 Å². The van der Waals surface area contributed by atoms with Gasteiger partial charge < -0.3 is 24.6 Å². The van der Waals surface area contributed by atoms with E-state index in [-0.39, 0.29) is 11.9 Å². The van der Waals surface area contributed by atoms with Crippen molar-refractivity contribution in [3.63, 3.8) is 0 Å². The van der Waals surface area contributed by atoms with E-state index in [0.717, 1.165) is 31.5 Å². The minimum absolute atomic E-state index is 0.00994. The van der Waals surface area contributed by atoms with Crippen molar-refractivity contribution in [1.82, 2.24) is 19.6 Å². The number of hydrogen-bond acceptors (Lipinski definition) is 5. The smallest absolute Gasteiger partial charge is 0.321 e. The molecule has 0 atom stereocenters. The standard InChI is InChI=1S/C21H27N5O4/c1-29-16-11-15(12-17(13-16)30-2)23-21(28)25-9-7-24(8-10-25)20(27)18-14-22-26-6-4-3-5-19(18)26/h11-14H,3-10H2,1-2H3,(H,23,28). The fourth-order valence-electron chi connectivity index (χ4n) is 3.96. The van der Waals surface area contributed by atoms with E-state index >= 15 is 0 Å². The Kier molecular flexibility index (Phi) is 5.78. The molecule has 3 amide bonds. The normalized spacial score (nSPS) is 16.1. The molecule has 0 unspecified atom stereocenters. The molecule has 9 nitrogen and oxygen atoms in total. The van der Waals surface area contributed by atoms with Crippen molar-refractivity contribution in [2.45, 2.75) is 25.8 Å². The van der Waals surface area contributed by atoms with Crippen LogP contribution in [0.4, 0.5) is 10.5 Å². The second-order valence-electron chi connectivity index (χ2n) is 7.50. The first-order valence-electron chi connectivity index (χ1n) is 10.2. The van der Waals surface area contributed by atoms with Gasteiger partial charge in [-0.1, -0.05) is 0 Å². The van der Waals surface area contributed by atoms with Gasteiger partial charge in [0, 0.05) is 56.6 Å². The van der Waals surface area contributed by atoms with Crippen LogP contribution in [0.2, 0.25) is 0 Å². The Hall–Kier alpha value is -3.23. The van der Waals surface area contributed by atoms with Gasteiger partial charge in [0.1, 0.15) is 11.5 Å². The molecular weight excluding hydrogens is 386 g/mol. The van der Waals surface area contributed by atoms with E-state index < -0.39 is 0 Å². The summed E-state index contributed by atoms with van der Waals surface area (Å²) in [5, 5.41) is 7.25. The van der Waals surface area contributed by atoms with Crippen LogP contribution in [-0.4, -0.2) is 71.9 Å². The van der Waals surface area contributed by atoms with Gasteiger partial charge in [-0.15, -0.1) is 0 Å². The first-order valence-corrected chi connectivity index (χ1v) is 10.2. The molecule has 0 spiro atoms. The Balaban J connectivity index is 1.36. The molecule has 2 aliphatic rings. The predicted molar refractivity (Wildman–Crippen MR) is 111 cm³/mol. The van der Waals surface area contributed by atoms with E-state index in [2.05, 4.69) is 10.4 Å². The number of hydrogen-bond donors (Lipinski definition) is 1. The lowest BCUT2D eigenvalue weighted by atomic mass is 10.1. The summed E-state index contributed by atoms with van der Waals surface area (Å²) in [5.41, 5.74) is 2.34. The van der Waals surface area contributed by atoms with Gasteiger partial charge in [-0.2, -0.15) is 5.10 Å². The number of amides is 3. The zero-order chi connectivity index (χ0) is 21.1. The molecular formula is C21H27N5O4. The van der Waals surface area contributed by atoms with Crippen molar-refractivity contribution in [3.8, 4) is 11.5 Å². The van der Waals surface area contributed by atoms with E-state index in [4.69, 9.17) is 9.47 Å². The van der Waals surface area contributed by atoms with E-state index in [1.807, 2.05) is 9.58 Å². The summed E-state index contributed by atoms with van der Waals surface area (Å²) in [7, 11) is 3.13. The highest BCUT2D eigenvalue weighted by molar-refractivity contribution is 5.95. The van der Waals surface area contributed by atoms with Crippen LogP contribution < -0.4 is 14.8 Å². The summed E-state index contributed by atoms with van der Waals surface area (Å²) >= 11 is 0. The topological polar surface area (TPSA) is 88.9 Å². The first-order chi connectivity index (χ1) is 14.6. The van der Waals surface area contributed by atoms with Gasteiger partial charge in [0.2, 0.25) is 0 Å². The number of nitrogens with zero attached hydrogens (tertiary/aromatic N) is 4. The van der Waals surface area contributed by atoms with Crippen molar-refractivity contribution in [2.75, 3.05) is 45.7 Å². The van der Waals surface area contributed by atoms with Crippen LogP contribution in [0.1, 0.15) is 28.9 Å². The number of fused-ring (bicyclic) bond motifs is 1. The molecule has 3 heterocycles. The monoisotopic (exact) mass is 413 g/mol. The van der Waals surface area contributed by atoms with Gasteiger partial charge in [0.25, 0.3) is 5.91 Å². The van der Waals surface area contributed by atoms with Crippen LogP contribution in [0.25, 0.3) is 0 Å². The summed E-state index contributed by atoms with van der Waals surface area (Å²) in [5.74, 6) is 1.21. The zero-order valence-corrected chi connectivity index (χ0v) is 17.4. The van der Waals surface area contributed by atoms with E-state index in [1.165, 1.54) is 0 Å². The van der Waals surface area contributed by atoms with Crippen LogP contribution >= 0.6 is 0 Å². The predicted octanol–water partition coefficient (Wildman–Crippen LogP) is 2.23. The SMILES string of the molecule is COc1cc(NC(=O)N2CCN(C(=O)c3cnn4c3CCCC4)CC2)cc(OC)c1. The van der Waals surface area contributed by atoms with Gasteiger partial charge >= 0.3 is 6.03 Å². The third kappa shape index (κ3) is 4.05. The van der Waals surface area contributed by atoms with E-state index in [1.54, 1.807) is 43.5 Å². The van der Waals surface area contributed by atoms with Gasteiger partial charge in [0.15, 0.2) is 0 Å². The molecule has 160 valence electrons. The number of urea groups is 1. The van der Waals surface area contributed by atoms with Crippen LogP contribution in [0.3, 0.4) is 0 Å². The molecule has 1 aromatic heterocycles. The number of carbonyl (C=O) groups is 2. The highest BCUT2D eigenvalue weighted by Gasteiger charge is 2.28. The van der Waals surface area contributed by atoms with Crippen LogP contribution in [0.5, 0.6) is 11.5 Å². The number of aryl methyl sites for hydroxylation is 1. The summed E-state index contributed by atoms with van der Waals surface area (Å²) in [6.07, 6.45) is 4.79. The third-order valence-corrected chi connectivity index (χ3v) is 5.67. The quantitative estimate of drug-likeness (QED) is 0.830. The van der Waals surface area contributed by atoms with Crippen molar-refractivity contribution in [1.29, 1.82) is 0 Å². The highest BCUT2D eigenvalue weighted by Crippen LogP contribution is 2.26. The van der Waals surface area contributed by atoms with Crippen LogP contribution in [-0.2, 0) is 13.0 Å². The maximum atomic E-state index is 13.0. The Morgan fingerprint density at radius 2 is 1.60 bits per heavy atom. The van der Waals surface area contributed by atoms with Crippen molar-refractivity contribution >= 4 is 17.6 Å². The van der Waals surface area contributed by atoms with Crippen molar-refractivity contribution in [2.24, 2.45) is 0 Å². The second kappa shape index (κ2) is 8.64. The molecule has 0 aliphatic carbocycles. The number of ether oxygens (including phenoxy) is 2. The molecule has 4 rings (SSSR count). The number of benzene rings is 1. The summed E-state index contributed by atoms with van der Waals surface area (Å²) < 4.78 is 12.4. The number of anilines is 1. The maximum absolute atomic E-state index is 13.0. The Labute approximate surface area is 175 Å². The average molecular weight is 413 g/mol. The molecule has 0 saturated carbocycles. The Morgan fingerprint density at radius 3 is 2.27 bits per heavy atom. The van der Waals surface area contributed by atoms with Crippen molar-refractivity contribution < 1.29 is 19.1 Å². The number of rotatable bonds is 4. The number of carbonyl (C=O) groups excluding carboxylic acids is 2. The Morgan fingerprint density at radius 1 is 0.933 bits per heavy atom. The maximum Gasteiger partial charge on any atom is 0.321 e. The minimum atomic E-state index is -0.208. The molecule has 1 fully saturated rings. The van der Waals surface area contributed by atoms with Crippen molar-refractivity contribution in [3.05, 3.63) is 35.7 Å². The molecule has 2 aromatic rings. The fourth-order valence-corrected chi connectivity index (χ4v) is 3.96. The van der Waals surface area contributed by atoms with E-state index in [9.17, 15) is 9.59 Å². The molecule has 0 bridgehead atoms. The zero-order valence-electron chi connectivity index (χ0n) is 17.4. The number of piperazine rings is 1. The first kappa shape index (κ1) is 20.1. The fraction of sp³-hybridized carbons (Fsp3) is 0.476. The van der Waals surface area contributed by atoms with Gasteiger partial charge in [-0.25, -0.2) is 4.79 Å². The number of aromatic nitrogens is 2. The van der Waals surface area contributed by atoms with Crippen LogP contribution in [0, 0.1) is 0 Å². The molecule has 1 N–H and O–H groups in total. The summed E-state index contributed by atoms with van der Waals surface area (Å²) in [4.78, 5) is 29.2. The van der Waals surface area contributed by atoms with Crippen LogP contribution in [0.15, 0.2) is 24.4 Å². The largest absolute Gasteiger partial charge is 0.497 e. The molecule has 0 radical (unpaired) electrons. The number of nitrogens with one attached hydrogen (secondary N) is 1. The lowest BCUT2D eigenvalue weighted by molar-refractivity contribution is 0.0670. The highest BCUT2D eigenvalue weighted by atomic mass is 16.5. The molecule has 30 heavy (non-hydrogen) atoms. The van der Waals surface area contributed by atoms with Gasteiger partial charge in [-0.3, -0.25) is 9.48 Å². The lowest BCUT2D eigenvalue weighted by Gasteiger charge is -2.34. The second-order valence-corrected chi connectivity index (χ2v) is 7.50. The molecule has 1 saturated heterocycles. The molecule has 2 aliphatic heterocycles. The molecule has 1 aromatic carbocycles. The van der Waals surface area contributed by atoms with Gasteiger partial charge in [-0.05, 0) is 19.3 Å². The minimum Gasteiger partial charge on any atom is -0.497 e. The van der Waals surface area contributed by atoms with Gasteiger partial charge in [0.05, 0.1) is 31.7 Å².